The van der Waals surface area contributed by atoms with Crippen LogP contribution in [0.5, 0.6) is 5.75 Å². The summed E-state index contributed by atoms with van der Waals surface area (Å²) in [6.45, 7) is 7.48. The lowest BCUT2D eigenvalue weighted by molar-refractivity contribution is -0.150. The van der Waals surface area contributed by atoms with E-state index in [4.69, 9.17) is 9.47 Å². The highest BCUT2D eigenvalue weighted by Gasteiger charge is 2.42. The second kappa shape index (κ2) is 7.28. The summed E-state index contributed by atoms with van der Waals surface area (Å²) in [4.78, 5) is 0. The van der Waals surface area contributed by atoms with Gasteiger partial charge >= 0.3 is 0 Å². The first-order valence-electron chi connectivity index (χ1n) is 8.16. The molecule has 2 rings (SSSR count). The van der Waals surface area contributed by atoms with Gasteiger partial charge in [0.1, 0.15) is 11.9 Å². The van der Waals surface area contributed by atoms with Crippen LogP contribution in [0.4, 0.5) is 0 Å². The lowest BCUT2D eigenvalue weighted by atomic mass is 9.74. The molecule has 0 heterocycles. The molecular weight excluding hydrogens is 264 g/mol. The van der Waals surface area contributed by atoms with Crippen LogP contribution < -0.4 is 4.74 Å². The Bertz CT molecular complexity index is 442. The monoisotopic (exact) mass is 292 g/mol. The minimum absolute atomic E-state index is 0.447. The van der Waals surface area contributed by atoms with Gasteiger partial charge in [-0.3, -0.25) is 0 Å². The topological polar surface area (TPSA) is 38.7 Å². The van der Waals surface area contributed by atoms with Crippen molar-refractivity contribution in [2.45, 2.75) is 58.2 Å². The summed E-state index contributed by atoms with van der Waals surface area (Å²) in [7, 11) is 0. The Balaban J connectivity index is 2.25. The van der Waals surface area contributed by atoms with E-state index in [1.807, 2.05) is 38.1 Å². The molecule has 3 atom stereocenters. The summed E-state index contributed by atoms with van der Waals surface area (Å²) in [5, 5.41) is 11.0. The molecule has 1 fully saturated rings. The lowest BCUT2D eigenvalue weighted by Gasteiger charge is -2.43. The summed E-state index contributed by atoms with van der Waals surface area (Å²) in [6.07, 6.45) is 3.58. The highest BCUT2D eigenvalue weighted by Crippen LogP contribution is 2.44. The van der Waals surface area contributed by atoms with Crippen molar-refractivity contribution in [3.63, 3.8) is 0 Å². The Morgan fingerprint density at radius 3 is 2.81 bits per heavy atom. The Hall–Kier alpha value is -1.06. The second-order valence-electron chi connectivity index (χ2n) is 6.11. The van der Waals surface area contributed by atoms with Gasteiger partial charge in [-0.25, -0.2) is 0 Å². The normalized spacial score (nSPS) is 27.3. The predicted molar refractivity (Wildman–Crippen MR) is 84.6 cm³/mol. The van der Waals surface area contributed by atoms with E-state index in [1.54, 1.807) is 0 Å². The molecule has 21 heavy (non-hydrogen) atoms. The van der Waals surface area contributed by atoms with Crippen LogP contribution in [-0.2, 0) is 4.74 Å². The molecule has 0 aromatic heterocycles. The summed E-state index contributed by atoms with van der Waals surface area (Å²) >= 11 is 0. The van der Waals surface area contributed by atoms with Crippen molar-refractivity contribution in [2.24, 2.45) is 5.92 Å². The molecule has 0 radical (unpaired) electrons. The number of rotatable bonds is 6. The van der Waals surface area contributed by atoms with E-state index < -0.39 is 11.7 Å². The smallest absolute Gasteiger partial charge is 0.119 e. The van der Waals surface area contributed by atoms with Crippen LogP contribution in [0.25, 0.3) is 0 Å². The molecule has 1 aromatic carbocycles. The SMILES string of the molecule is CCOc1cccc(C(O)C2(OCC)CCCC(C)C2)c1. The molecule has 0 bridgehead atoms. The third kappa shape index (κ3) is 3.78. The largest absolute Gasteiger partial charge is 0.494 e. The zero-order valence-electron chi connectivity index (χ0n) is 13.5. The summed E-state index contributed by atoms with van der Waals surface area (Å²) < 4.78 is 11.6. The summed E-state index contributed by atoms with van der Waals surface area (Å²) in [6, 6.07) is 7.77. The van der Waals surface area contributed by atoms with E-state index in [1.165, 1.54) is 6.42 Å². The minimum Gasteiger partial charge on any atom is -0.494 e. The quantitative estimate of drug-likeness (QED) is 0.857. The first-order valence-corrected chi connectivity index (χ1v) is 8.16. The minimum atomic E-state index is -0.597. The first-order chi connectivity index (χ1) is 10.1. The Morgan fingerprint density at radius 2 is 2.14 bits per heavy atom. The van der Waals surface area contributed by atoms with Crippen molar-refractivity contribution in [1.82, 2.24) is 0 Å². The number of aliphatic hydroxyl groups is 1. The van der Waals surface area contributed by atoms with E-state index >= 15 is 0 Å². The maximum absolute atomic E-state index is 11.0. The van der Waals surface area contributed by atoms with E-state index in [0.29, 0.717) is 19.1 Å². The molecule has 3 unspecified atom stereocenters. The lowest BCUT2D eigenvalue weighted by Crippen LogP contribution is -2.43. The van der Waals surface area contributed by atoms with Crippen LogP contribution in [0, 0.1) is 5.92 Å². The maximum Gasteiger partial charge on any atom is 0.119 e. The van der Waals surface area contributed by atoms with Crippen molar-refractivity contribution in [3.05, 3.63) is 29.8 Å². The highest BCUT2D eigenvalue weighted by molar-refractivity contribution is 5.31. The molecule has 0 aliphatic heterocycles. The Kier molecular flexibility index (Phi) is 5.65. The molecule has 0 spiro atoms. The molecule has 0 saturated heterocycles. The molecule has 118 valence electrons. The molecule has 1 N–H and O–H groups in total. The predicted octanol–water partition coefficient (Wildman–Crippen LogP) is 4.10. The van der Waals surface area contributed by atoms with Crippen molar-refractivity contribution in [1.29, 1.82) is 0 Å². The standard InChI is InChI=1S/C18H28O3/c1-4-20-16-10-6-9-15(12-16)17(19)18(21-5-2)11-7-8-14(3)13-18/h6,9-10,12,14,17,19H,4-5,7-8,11,13H2,1-3H3. The third-order valence-electron chi connectivity index (χ3n) is 4.41. The fourth-order valence-electron chi connectivity index (χ4n) is 3.53. The molecule has 1 aliphatic carbocycles. The van der Waals surface area contributed by atoms with Crippen molar-refractivity contribution in [2.75, 3.05) is 13.2 Å². The number of hydrogen-bond acceptors (Lipinski definition) is 3. The zero-order valence-corrected chi connectivity index (χ0v) is 13.5. The van der Waals surface area contributed by atoms with Crippen LogP contribution in [0.15, 0.2) is 24.3 Å². The van der Waals surface area contributed by atoms with Crippen LogP contribution in [0.3, 0.4) is 0 Å². The van der Waals surface area contributed by atoms with Crippen molar-refractivity contribution in [3.8, 4) is 5.75 Å². The molecule has 3 nitrogen and oxygen atoms in total. The maximum atomic E-state index is 11.0. The highest BCUT2D eigenvalue weighted by atomic mass is 16.5. The number of hydrogen-bond donors (Lipinski definition) is 1. The molecule has 1 aromatic rings. The van der Waals surface area contributed by atoms with E-state index in [2.05, 4.69) is 6.92 Å². The number of benzene rings is 1. The van der Waals surface area contributed by atoms with E-state index in [9.17, 15) is 5.11 Å². The Labute approximate surface area is 128 Å². The second-order valence-corrected chi connectivity index (χ2v) is 6.11. The van der Waals surface area contributed by atoms with Gasteiger partial charge in [-0.1, -0.05) is 31.9 Å². The van der Waals surface area contributed by atoms with Crippen molar-refractivity contribution < 1.29 is 14.6 Å². The fraction of sp³-hybridized carbons (Fsp3) is 0.667. The number of ether oxygens (including phenoxy) is 2. The fourth-order valence-corrected chi connectivity index (χ4v) is 3.53. The summed E-state index contributed by atoms with van der Waals surface area (Å²) in [5.74, 6) is 1.40. The van der Waals surface area contributed by atoms with Gasteiger partial charge in [0.15, 0.2) is 0 Å². The molecular formula is C18H28O3. The van der Waals surface area contributed by atoms with Crippen LogP contribution in [0.2, 0.25) is 0 Å². The summed E-state index contributed by atoms with van der Waals surface area (Å²) in [5.41, 5.74) is 0.445. The van der Waals surface area contributed by atoms with Gasteiger partial charge in [0.25, 0.3) is 0 Å². The molecule has 0 amide bonds. The van der Waals surface area contributed by atoms with E-state index in [-0.39, 0.29) is 0 Å². The van der Waals surface area contributed by atoms with Gasteiger partial charge in [0.05, 0.1) is 12.2 Å². The Morgan fingerprint density at radius 1 is 1.33 bits per heavy atom. The molecule has 3 heteroatoms. The van der Waals surface area contributed by atoms with Crippen molar-refractivity contribution >= 4 is 0 Å². The van der Waals surface area contributed by atoms with Gasteiger partial charge in [0, 0.05) is 6.61 Å². The molecule has 1 saturated carbocycles. The van der Waals surface area contributed by atoms with Gasteiger partial charge in [-0.15, -0.1) is 0 Å². The first kappa shape index (κ1) is 16.3. The van der Waals surface area contributed by atoms with Gasteiger partial charge < -0.3 is 14.6 Å². The molecule has 1 aliphatic rings. The van der Waals surface area contributed by atoms with Gasteiger partial charge in [-0.2, -0.15) is 0 Å². The average Bonchev–Trinajstić information content (AvgIpc) is 2.47. The van der Waals surface area contributed by atoms with Crippen LogP contribution in [-0.4, -0.2) is 23.9 Å². The van der Waals surface area contributed by atoms with E-state index in [0.717, 1.165) is 30.6 Å². The number of aliphatic hydroxyl groups excluding tert-OH is 1. The van der Waals surface area contributed by atoms with Crippen LogP contribution in [0.1, 0.15) is 58.1 Å². The van der Waals surface area contributed by atoms with Crippen LogP contribution >= 0.6 is 0 Å². The van der Waals surface area contributed by atoms with Gasteiger partial charge in [-0.05, 0) is 50.3 Å². The zero-order chi connectivity index (χ0) is 15.3. The van der Waals surface area contributed by atoms with Gasteiger partial charge in [0.2, 0.25) is 0 Å². The third-order valence-corrected chi connectivity index (χ3v) is 4.41. The average molecular weight is 292 g/mol.